The van der Waals surface area contributed by atoms with Gasteiger partial charge in [-0.25, -0.2) is 0 Å². The van der Waals surface area contributed by atoms with Crippen molar-refractivity contribution in [1.29, 1.82) is 0 Å². The molecule has 4 heteroatoms. The first-order valence-electron chi connectivity index (χ1n) is 6.69. The highest BCUT2D eigenvalue weighted by Crippen LogP contribution is 2.20. The number of rotatable bonds is 7. The highest BCUT2D eigenvalue weighted by atomic mass is 16.5. The van der Waals surface area contributed by atoms with Crippen molar-refractivity contribution in [3.05, 3.63) is 0 Å². The van der Waals surface area contributed by atoms with E-state index in [-0.39, 0.29) is 18.6 Å². The number of ether oxygens (including phenoxy) is 1. The summed E-state index contributed by atoms with van der Waals surface area (Å²) in [5, 5.41) is 11.9. The fourth-order valence-corrected chi connectivity index (χ4v) is 2.32. The van der Waals surface area contributed by atoms with E-state index in [0.717, 1.165) is 25.7 Å². The van der Waals surface area contributed by atoms with E-state index in [1.165, 1.54) is 0 Å². The number of nitrogens with one attached hydrogen (secondary N) is 1. The monoisotopic (exact) mass is 243 g/mol. The fraction of sp³-hybridized carbons (Fsp3) is 0.923. The van der Waals surface area contributed by atoms with Gasteiger partial charge in [0.2, 0.25) is 5.91 Å². The van der Waals surface area contributed by atoms with Crippen molar-refractivity contribution in [1.82, 2.24) is 5.32 Å². The van der Waals surface area contributed by atoms with Crippen LogP contribution in [0, 0.1) is 11.8 Å². The molecule has 3 atom stereocenters. The van der Waals surface area contributed by atoms with E-state index in [9.17, 15) is 4.79 Å². The summed E-state index contributed by atoms with van der Waals surface area (Å²) in [5.41, 5.74) is 0. The summed E-state index contributed by atoms with van der Waals surface area (Å²) in [6.07, 6.45) is 3.58. The van der Waals surface area contributed by atoms with E-state index in [2.05, 4.69) is 19.2 Å². The summed E-state index contributed by atoms with van der Waals surface area (Å²) in [6, 6.07) is 0. The number of hydrogen-bond donors (Lipinski definition) is 2. The molecule has 0 aliphatic carbocycles. The van der Waals surface area contributed by atoms with Gasteiger partial charge in [-0.15, -0.1) is 0 Å². The predicted molar refractivity (Wildman–Crippen MR) is 66.6 cm³/mol. The molecule has 1 aliphatic rings. The third-order valence-electron chi connectivity index (χ3n) is 3.45. The second-order valence-electron chi connectivity index (χ2n) is 4.97. The number of aliphatic hydroxyl groups excluding tert-OH is 1. The van der Waals surface area contributed by atoms with Gasteiger partial charge in [-0.2, -0.15) is 0 Å². The molecule has 1 rings (SSSR count). The van der Waals surface area contributed by atoms with Crippen molar-refractivity contribution in [2.75, 3.05) is 19.8 Å². The van der Waals surface area contributed by atoms with Gasteiger partial charge in [-0.05, 0) is 31.1 Å². The minimum absolute atomic E-state index is 0.00837. The van der Waals surface area contributed by atoms with E-state index < -0.39 is 0 Å². The summed E-state index contributed by atoms with van der Waals surface area (Å²) < 4.78 is 5.42. The summed E-state index contributed by atoms with van der Waals surface area (Å²) in [5.74, 6) is 0.706. The van der Waals surface area contributed by atoms with Crippen LogP contribution in [0.4, 0.5) is 0 Å². The molecule has 1 aliphatic heterocycles. The van der Waals surface area contributed by atoms with Crippen LogP contribution in [-0.2, 0) is 9.53 Å². The molecule has 0 aromatic carbocycles. The number of aliphatic hydroxyl groups is 1. The molecule has 0 spiro atoms. The van der Waals surface area contributed by atoms with Crippen LogP contribution in [0.5, 0.6) is 0 Å². The fourth-order valence-electron chi connectivity index (χ4n) is 2.32. The van der Waals surface area contributed by atoms with Gasteiger partial charge < -0.3 is 15.2 Å². The van der Waals surface area contributed by atoms with E-state index in [4.69, 9.17) is 9.84 Å². The number of carbonyl (C=O) groups is 1. The first-order chi connectivity index (χ1) is 8.19. The predicted octanol–water partition coefficient (Wildman–Crippen LogP) is 1.33. The molecular formula is C13H25NO3. The van der Waals surface area contributed by atoms with Crippen LogP contribution < -0.4 is 5.32 Å². The highest BCUT2D eigenvalue weighted by molar-refractivity contribution is 5.81. The summed E-state index contributed by atoms with van der Waals surface area (Å²) in [7, 11) is 0. The topological polar surface area (TPSA) is 58.6 Å². The zero-order chi connectivity index (χ0) is 12.7. The molecule has 1 saturated heterocycles. The lowest BCUT2D eigenvalue weighted by Crippen LogP contribution is -2.39. The Morgan fingerprint density at radius 3 is 2.82 bits per heavy atom. The third-order valence-corrected chi connectivity index (χ3v) is 3.45. The van der Waals surface area contributed by atoms with Crippen molar-refractivity contribution < 1.29 is 14.6 Å². The Bertz CT molecular complexity index is 227. The van der Waals surface area contributed by atoms with E-state index >= 15 is 0 Å². The average molecular weight is 243 g/mol. The molecule has 1 heterocycles. The molecular weight excluding hydrogens is 218 g/mol. The molecule has 17 heavy (non-hydrogen) atoms. The molecule has 100 valence electrons. The lowest BCUT2D eigenvalue weighted by molar-refractivity contribution is -0.131. The van der Waals surface area contributed by atoms with Gasteiger partial charge in [-0.1, -0.05) is 20.3 Å². The standard InChI is InChI=1S/C13H25NO3/c1-3-4-11(5-7-15)9-14-13(16)12-10(2)6-8-17-12/h10-12,15H,3-9H2,1-2H3,(H,14,16). The van der Waals surface area contributed by atoms with Gasteiger partial charge in [0.15, 0.2) is 0 Å². The first-order valence-corrected chi connectivity index (χ1v) is 6.69. The maximum absolute atomic E-state index is 11.9. The second-order valence-corrected chi connectivity index (χ2v) is 4.97. The molecule has 4 nitrogen and oxygen atoms in total. The molecule has 0 radical (unpaired) electrons. The average Bonchev–Trinajstić information content (AvgIpc) is 2.72. The maximum atomic E-state index is 11.9. The normalized spacial score (nSPS) is 25.8. The van der Waals surface area contributed by atoms with Gasteiger partial charge >= 0.3 is 0 Å². The minimum atomic E-state index is -0.272. The maximum Gasteiger partial charge on any atom is 0.249 e. The van der Waals surface area contributed by atoms with Gasteiger partial charge in [0.25, 0.3) is 0 Å². The molecule has 0 bridgehead atoms. The summed E-state index contributed by atoms with van der Waals surface area (Å²) in [4.78, 5) is 11.9. The van der Waals surface area contributed by atoms with E-state index in [0.29, 0.717) is 25.0 Å². The van der Waals surface area contributed by atoms with Crippen molar-refractivity contribution in [3.63, 3.8) is 0 Å². The molecule has 0 aromatic rings. The SMILES string of the molecule is CCCC(CCO)CNC(=O)C1OCCC1C. The van der Waals surface area contributed by atoms with Crippen LogP contribution in [-0.4, -0.2) is 36.9 Å². The second kappa shape index (κ2) is 7.67. The van der Waals surface area contributed by atoms with Crippen LogP contribution in [0.3, 0.4) is 0 Å². The zero-order valence-electron chi connectivity index (χ0n) is 10.9. The molecule has 0 saturated carbocycles. The van der Waals surface area contributed by atoms with E-state index in [1.807, 2.05) is 0 Å². The van der Waals surface area contributed by atoms with Crippen molar-refractivity contribution in [2.24, 2.45) is 11.8 Å². The van der Waals surface area contributed by atoms with Gasteiger partial charge in [0, 0.05) is 19.8 Å². The van der Waals surface area contributed by atoms with Crippen molar-refractivity contribution >= 4 is 5.91 Å². The van der Waals surface area contributed by atoms with Gasteiger partial charge in [0.1, 0.15) is 6.10 Å². The quantitative estimate of drug-likeness (QED) is 0.709. The summed E-state index contributed by atoms with van der Waals surface area (Å²) >= 11 is 0. The van der Waals surface area contributed by atoms with Gasteiger partial charge in [0.05, 0.1) is 0 Å². The summed E-state index contributed by atoms with van der Waals surface area (Å²) in [6.45, 7) is 5.70. The Labute approximate surface area is 104 Å². The van der Waals surface area contributed by atoms with Crippen LogP contribution in [0.25, 0.3) is 0 Å². The Kier molecular flexibility index (Phi) is 6.52. The smallest absolute Gasteiger partial charge is 0.249 e. The molecule has 3 unspecified atom stereocenters. The number of hydrogen-bond acceptors (Lipinski definition) is 3. The van der Waals surface area contributed by atoms with Crippen molar-refractivity contribution in [2.45, 2.75) is 45.6 Å². The lowest BCUT2D eigenvalue weighted by Gasteiger charge is -2.19. The van der Waals surface area contributed by atoms with Crippen LogP contribution in [0.2, 0.25) is 0 Å². The minimum Gasteiger partial charge on any atom is -0.396 e. The first kappa shape index (κ1) is 14.5. The van der Waals surface area contributed by atoms with E-state index in [1.54, 1.807) is 0 Å². The number of amides is 1. The van der Waals surface area contributed by atoms with Crippen LogP contribution >= 0.6 is 0 Å². The zero-order valence-corrected chi connectivity index (χ0v) is 10.9. The Morgan fingerprint density at radius 2 is 2.29 bits per heavy atom. The van der Waals surface area contributed by atoms with Crippen LogP contribution in [0.15, 0.2) is 0 Å². The Hall–Kier alpha value is -0.610. The molecule has 1 fully saturated rings. The van der Waals surface area contributed by atoms with Crippen LogP contribution in [0.1, 0.15) is 39.5 Å². The highest BCUT2D eigenvalue weighted by Gasteiger charge is 2.30. The largest absolute Gasteiger partial charge is 0.396 e. The molecule has 2 N–H and O–H groups in total. The Morgan fingerprint density at radius 1 is 1.53 bits per heavy atom. The lowest BCUT2D eigenvalue weighted by atomic mass is 9.99. The molecule has 0 aromatic heterocycles. The number of carbonyl (C=O) groups excluding carboxylic acids is 1. The van der Waals surface area contributed by atoms with Gasteiger partial charge in [-0.3, -0.25) is 4.79 Å². The Balaban J connectivity index is 2.29. The van der Waals surface area contributed by atoms with Crippen molar-refractivity contribution in [3.8, 4) is 0 Å². The third kappa shape index (κ3) is 4.64. The molecule has 1 amide bonds.